The first-order valence-electron chi connectivity index (χ1n) is 8.37. The lowest BCUT2D eigenvalue weighted by atomic mass is 10.2. The molecule has 4 aromatic heterocycles. The Hall–Kier alpha value is -4.08. The number of rotatable bonds is 4. The van der Waals surface area contributed by atoms with E-state index in [9.17, 15) is 4.79 Å². The fourth-order valence-electron chi connectivity index (χ4n) is 2.60. The number of aryl methyl sites for hydroxylation is 2. The molecule has 0 saturated heterocycles. The summed E-state index contributed by atoms with van der Waals surface area (Å²) in [6.45, 7) is 0. The minimum absolute atomic E-state index is 0.153. The van der Waals surface area contributed by atoms with Gasteiger partial charge in [-0.3, -0.25) is 19.1 Å². The fraction of sp³-hybridized carbons (Fsp3) is 0.111. The summed E-state index contributed by atoms with van der Waals surface area (Å²) in [7, 11) is 3.63. The van der Waals surface area contributed by atoms with Gasteiger partial charge in [-0.15, -0.1) is 0 Å². The third-order valence-corrected chi connectivity index (χ3v) is 4.04. The number of carbonyl (C=O) groups excluding carboxylic acids is 1. The van der Waals surface area contributed by atoms with Crippen molar-refractivity contribution in [2.24, 2.45) is 14.1 Å². The van der Waals surface area contributed by atoms with Gasteiger partial charge < -0.3 is 11.1 Å². The average Bonchev–Trinajstić information content (AvgIpc) is 3.32. The Morgan fingerprint density at radius 1 is 0.929 bits per heavy atom. The molecule has 3 N–H and O–H groups in total. The highest BCUT2D eigenvalue weighted by Gasteiger charge is 2.14. The third-order valence-electron chi connectivity index (χ3n) is 4.04. The van der Waals surface area contributed by atoms with Crippen molar-refractivity contribution in [2.75, 3.05) is 11.1 Å². The molecular formula is C18H17N9O. The second-order valence-corrected chi connectivity index (χ2v) is 6.18. The Morgan fingerprint density at radius 2 is 1.61 bits per heavy atom. The molecule has 0 radical (unpaired) electrons. The molecule has 0 aromatic carbocycles. The van der Waals surface area contributed by atoms with Gasteiger partial charge in [0.05, 0.1) is 41.9 Å². The second-order valence-electron chi connectivity index (χ2n) is 6.18. The predicted octanol–water partition coefficient (Wildman–Crippen LogP) is 1.51. The number of nitrogens with two attached hydrogens (primary N) is 1. The number of anilines is 2. The maximum absolute atomic E-state index is 12.5. The van der Waals surface area contributed by atoms with Crippen molar-refractivity contribution in [1.82, 2.24) is 34.5 Å². The number of nitrogens with one attached hydrogen (secondary N) is 1. The van der Waals surface area contributed by atoms with Gasteiger partial charge in [0.1, 0.15) is 5.69 Å². The van der Waals surface area contributed by atoms with E-state index >= 15 is 0 Å². The van der Waals surface area contributed by atoms with Crippen molar-refractivity contribution in [3.8, 4) is 22.5 Å². The van der Waals surface area contributed by atoms with Gasteiger partial charge in [0, 0.05) is 37.6 Å². The number of hydrogen-bond donors (Lipinski definition) is 2. The quantitative estimate of drug-likeness (QED) is 0.553. The first kappa shape index (κ1) is 17.3. The Balaban J connectivity index is 1.55. The number of carbonyl (C=O) groups is 1. The number of aromatic nitrogens is 7. The van der Waals surface area contributed by atoms with E-state index in [-0.39, 0.29) is 11.5 Å². The molecule has 4 rings (SSSR count). The number of amides is 1. The molecule has 0 unspecified atom stereocenters. The summed E-state index contributed by atoms with van der Waals surface area (Å²) >= 11 is 0. The van der Waals surface area contributed by atoms with Gasteiger partial charge in [-0.2, -0.15) is 10.2 Å². The van der Waals surface area contributed by atoms with E-state index in [0.29, 0.717) is 17.1 Å². The Labute approximate surface area is 160 Å². The van der Waals surface area contributed by atoms with Crippen LogP contribution in [0.15, 0.2) is 49.3 Å². The van der Waals surface area contributed by atoms with Gasteiger partial charge >= 0.3 is 0 Å². The van der Waals surface area contributed by atoms with Gasteiger partial charge in [-0.05, 0) is 12.1 Å². The Kier molecular flexibility index (Phi) is 4.28. The molecular weight excluding hydrogens is 358 g/mol. The van der Waals surface area contributed by atoms with Crippen LogP contribution in [-0.4, -0.2) is 40.4 Å². The molecule has 0 aliphatic heterocycles. The summed E-state index contributed by atoms with van der Waals surface area (Å²) in [5.74, 6) is -0.197. The third kappa shape index (κ3) is 3.43. The van der Waals surface area contributed by atoms with Crippen LogP contribution in [0.4, 0.5) is 11.5 Å². The van der Waals surface area contributed by atoms with Crippen molar-refractivity contribution in [3.63, 3.8) is 0 Å². The molecule has 10 heteroatoms. The average molecular weight is 375 g/mol. The normalized spacial score (nSPS) is 10.8. The summed E-state index contributed by atoms with van der Waals surface area (Å²) < 4.78 is 3.34. The monoisotopic (exact) mass is 375 g/mol. The lowest BCUT2D eigenvalue weighted by Crippen LogP contribution is -2.16. The first-order chi connectivity index (χ1) is 13.5. The highest BCUT2D eigenvalue weighted by molar-refractivity contribution is 6.03. The van der Waals surface area contributed by atoms with Crippen LogP contribution < -0.4 is 11.1 Å². The molecule has 140 valence electrons. The van der Waals surface area contributed by atoms with E-state index in [4.69, 9.17) is 5.73 Å². The number of hydrogen-bond acceptors (Lipinski definition) is 7. The Bertz CT molecular complexity index is 1140. The molecule has 0 bridgehead atoms. The van der Waals surface area contributed by atoms with Gasteiger partial charge in [-0.25, -0.2) is 9.97 Å². The van der Waals surface area contributed by atoms with E-state index in [1.165, 1.54) is 12.4 Å². The van der Waals surface area contributed by atoms with Crippen LogP contribution in [0.3, 0.4) is 0 Å². The summed E-state index contributed by atoms with van der Waals surface area (Å²) in [6, 6.07) is 3.45. The van der Waals surface area contributed by atoms with Crippen LogP contribution in [0.5, 0.6) is 0 Å². The van der Waals surface area contributed by atoms with E-state index in [2.05, 4.69) is 30.5 Å². The number of pyridine rings is 1. The highest BCUT2D eigenvalue weighted by Crippen LogP contribution is 2.23. The molecule has 4 heterocycles. The van der Waals surface area contributed by atoms with E-state index < -0.39 is 5.91 Å². The summed E-state index contributed by atoms with van der Waals surface area (Å²) in [6.07, 6.45) is 9.93. The summed E-state index contributed by atoms with van der Waals surface area (Å²) in [5, 5.41) is 10.9. The largest absolute Gasteiger partial charge is 0.396 e. The number of nitrogen functional groups attached to an aromatic ring is 1. The molecule has 0 spiro atoms. The maximum atomic E-state index is 12.5. The van der Waals surface area contributed by atoms with Crippen molar-refractivity contribution >= 4 is 17.4 Å². The maximum Gasteiger partial charge on any atom is 0.277 e. The smallest absolute Gasteiger partial charge is 0.277 e. The molecule has 28 heavy (non-hydrogen) atoms. The molecule has 0 saturated carbocycles. The zero-order valence-electron chi connectivity index (χ0n) is 15.2. The van der Waals surface area contributed by atoms with Crippen LogP contribution in [0, 0.1) is 0 Å². The fourth-order valence-corrected chi connectivity index (χ4v) is 2.60. The lowest BCUT2D eigenvalue weighted by molar-refractivity contribution is 0.102. The van der Waals surface area contributed by atoms with E-state index in [1.54, 1.807) is 33.9 Å². The van der Waals surface area contributed by atoms with Crippen molar-refractivity contribution in [2.45, 2.75) is 0 Å². The molecule has 1 amide bonds. The molecule has 10 nitrogen and oxygen atoms in total. The first-order valence-corrected chi connectivity index (χ1v) is 8.37. The minimum Gasteiger partial charge on any atom is -0.396 e. The van der Waals surface area contributed by atoms with Gasteiger partial charge in [0.2, 0.25) is 0 Å². The summed E-state index contributed by atoms with van der Waals surface area (Å²) in [4.78, 5) is 25.4. The SMILES string of the molecule is Cn1cc(-c2cnc(C(=O)Nc3nc(-c4cnn(C)c4)ccc3N)cn2)cn1. The molecule has 4 aromatic rings. The Morgan fingerprint density at radius 3 is 2.18 bits per heavy atom. The molecule has 0 fully saturated rings. The zero-order valence-corrected chi connectivity index (χ0v) is 15.2. The van der Waals surface area contributed by atoms with Gasteiger partial charge in [0.15, 0.2) is 5.82 Å². The van der Waals surface area contributed by atoms with Crippen molar-refractivity contribution in [3.05, 3.63) is 55.0 Å². The zero-order chi connectivity index (χ0) is 19.7. The van der Waals surface area contributed by atoms with E-state index in [0.717, 1.165) is 11.1 Å². The topological polar surface area (TPSA) is 129 Å². The molecule has 0 atom stereocenters. The van der Waals surface area contributed by atoms with Crippen LogP contribution in [0.2, 0.25) is 0 Å². The highest BCUT2D eigenvalue weighted by atomic mass is 16.2. The minimum atomic E-state index is -0.451. The van der Waals surface area contributed by atoms with E-state index in [1.807, 2.05) is 26.5 Å². The molecule has 0 aliphatic carbocycles. The van der Waals surface area contributed by atoms with Crippen LogP contribution in [0.1, 0.15) is 10.5 Å². The van der Waals surface area contributed by atoms with Crippen LogP contribution in [-0.2, 0) is 14.1 Å². The molecule has 0 aliphatic rings. The second kappa shape index (κ2) is 6.91. The van der Waals surface area contributed by atoms with Crippen molar-refractivity contribution < 1.29 is 4.79 Å². The number of nitrogens with zero attached hydrogens (tertiary/aromatic N) is 7. The van der Waals surface area contributed by atoms with Gasteiger partial charge in [0.25, 0.3) is 5.91 Å². The van der Waals surface area contributed by atoms with Crippen LogP contribution in [0.25, 0.3) is 22.5 Å². The van der Waals surface area contributed by atoms with Crippen molar-refractivity contribution in [1.29, 1.82) is 0 Å². The van der Waals surface area contributed by atoms with Crippen LogP contribution >= 0.6 is 0 Å². The van der Waals surface area contributed by atoms with Gasteiger partial charge in [-0.1, -0.05) is 0 Å². The lowest BCUT2D eigenvalue weighted by Gasteiger charge is -2.08. The standard InChI is InChI=1S/C18H17N9O/c1-26-9-11(5-22-26)14-4-3-13(19)17(24-14)25-18(28)16-8-20-15(7-21-16)12-6-23-27(2)10-12/h3-10H,19H2,1-2H3,(H,24,25,28). The predicted molar refractivity (Wildman–Crippen MR) is 103 cm³/mol. The summed E-state index contributed by atoms with van der Waals surface area (Å²) in [5.41, 5.74) is 9.37.